The predicted octanol–water partition coefficient (Wildman–Crippen LogP) is 3.00. The number of carboxylic acid groups (broad SMARTS) is 1. The monoisotopic (exact) mass is 304 g/mol. The van der Waals surface area contributed by atoms with E-state index >= 15 is 0 Å². The standard InChI is InChI=1S/C15H13ClN2O3/c16-13-5-4-11(8-12(13)15(20)21)18-14(19)6-3-10-2-1-7-17-9-10/h1-2,4-5,7-9H,3,6H2,(H,18,19)(H,20,21). The number of pyridine rings is 1. The van der Waals surface area contributed by atoms with Gasteiger partial charge in [0, 0.05) is 24.5 Å². The molecule has 108 valence electrons. The van der Waals surface area contributed by atoms with E-state index in [1.54, 1.807) is 18.5 Å². The molecule has 2 aromatic rings. The fourth-order valence-corrected chi connectivity index (χ4v) is 1.99. The third-order valence-electron chi connectivity index (χ3n) is 2.84. The van der Waals surface area contributed by atoms with Crippen LogP contribution in [0, 0.1) is 0 Å². The van der Waals surface area contributed by atoms with Crippen LogP contribution in [0.1, 0.15) is 22.3 Å². The van der Waals surface area contributed by atoms with Crippen LogP contribution in [0.15, 0.2) is 42.7 Å². The Morgan fingerprint density at radius 3 is 2.76 bits per heavy atom. The molecule has 0 bridgehead atoms. The molecular weight excluding hydrogens is 292 g/mol. The molecule has 0 saturated carbocycles. The van der Waals surface area contributed by atoms with Crippen LogP contribution in [0.25, 0.3) is 0 Å². The third kappa shape index (κ3) is 4.29. The summed E-state index contributed by atoms with van der Waals surface area (Å²) in [5, 5.41) is 11.8. The van der Waals surface area contributed by atoms with Crippen LogP contribution in [-0.2, 0) is 11.2 Å². The molecule has 0 aliphatic carbocycles. The van der Waals surface area contributed by atoms with Gasteiger partial charge in [-0.1, -0.05) is 17.7 Å². The first kappa shape index (κ1) is 15.0. The first-order valence-electron chi connectivity index (χ1n) is 6.28. The Hall–Kier alpha value is -2.40. The van der Waals surface area contributed by atoms with Crippen LogP contribution < -0.4 is 5.32 Å². The van der Waals surface area contributed by atoms with Gasteiger partial charge in [-0.05, 0) is 36.2 Å². The Morgan fingerprint density at radius 1 is 1.29 bits per heavy atom. The summed E-state index contributed by atoms with van der Waals surface area (Å²) in [6.07, 6.45) is 4.23. The van der Waals surface area contributed by atoms with Gasteiger partial charge in [-0.2, -0.15) is 0 Å². The average Bonchev–Trinajstić information content (AvgIpc) is 2.48. The minimum atomic E-state index is -1.13. The average molecular weight is 305 g/mol. The number of rotatable bonds is 5. The van der Waals surface area contributed by atoms with Crippen LogP contribution in [0.2, 0.25) is 5.02 Å². The highest BCUT2D eigenvalue weighted by molar-refractivity contribution is 6.33. The second-order valence-electron chi connectivity index (χ2n) is 4.41. The van der Waals surface area contributed by atoms with Gasteiger partial charge in [0.2, 0.25) is 5.91 Å². The number of aryl methyl sites for hydroxylation is 1. The molecule has 0 aliphatic heterocycles. The summed E-state index contributed by atoms with van der Waals surface area (Å²) >= 11 is 5.77. The second kappa shape index (κ2) is 6.85. The Balaban J connectivity index is 1.97. The van der Waals surface area contributed by atoms with Gasteiger partial charge >= 0.3 is 5.97 Å². The maximum Gasteiger partial charge on any atom is 0.337 e. The number of carbonyl (C=O) groups excluding carboxylic acids is 1. The van der Waals surface area contributed by atoms with Crippen molar-refractivity contribution in [2.75, 3.05) is 5.32 Å². The van der Waals surface area contributed by atoms with Gasteiger partial charge < -0.3 is 10.4 Å². The normalized spacial score (nSPS) is 10.1. The van der Waals surface area contributed by atoms with Gasteiger partial charge in [0.1, 0.15) is 0 Å². The Bertz CT molecular complexity index is 659. The number of anilines is 1. The molecule has 1 aromatic heterocycles. The lowest BCUT2D eigenvalue weighted by Gasteiger charge is -2.07. The number of nitrogens with zero attached hydrogens (tertiary/aromatic N) is 1. The molecule has 0 atom stereocenters. The quantitative estimate of drug-likeness (QED) is 0.890. The molecule has 21 heavy (non-hydrogen) atoms. The number of amides is 1. The molecule has 0 saturated heterocycles. The van der Waals surface area contributed by atoms with Crippen molar-refractivity contribution in [2.24, 2.45) is 0 Å². The van der Waals surface area contributed by atoms with Crippen LogP contribution in [-0.4, -0.2) is 22.0 Å². The number of aromatic carboxylic acids is 1. The molecule has 0 unspecified atom stereocenters. The minimum Gasteiger partial charge on any atom is -0.478 e. The van der Waals surface area contributed by atoms with E-state index in [1.165, 1.54) is 12.1 Å². The number of benzene rings is 1. The molecule has 2 N–H and O–H groups in total. The summed E-state index contributed by atoms with van der Waals surface area (Å²) in [5.41, 5.74) is 1.34. The van der Waals surface area contributed by atoms with E-state index in [0.29, 0.717) is 12.1 Å². The number of halogens is 1. The van der Waals surface area contributed by atoms with Crippen molar-refractivity contribution in [1.29, 1.82) is 0 Å². The number of hydrogen-bond donors (Lipinski definition) is 2. The van der Waals surface area contributed by atoms with Gasteiger partial charge in [0.15, 0.2) is 0 Å². The molecule has 0 fully saturated rings. The van der Waals surface area contributed by atoms with E-state index in [9.17, 15) is 9.59 Å². The van der Waals surface area contributed by atoms with Gasteiger partial charge in [0.05, 0.1) is 10.6 Å². The summed E-state index contributed by atoms with van der Waals surface area (Å²) < 4.78 is 0. The molecule has 0 aliphatic rings. The van der Waals surface area contributed by atoms with Crippen molar-refractivity contribution < 1.29 is 14.7 Å². The van der Waals surface area contributed by atoms with Crippen molar-refractivity contribution in [3.63, 3.8) is 0 Å². The number of carboxylic acids is 1. The van der Waals surface area contributed by atoms with Crippen molar-refractivity contribution in [3.05, 3.63) is 58.9 Å². The number of hydrogen-bond acceptors (Lipinski definition) is 3. The lowest BCUT2D eigenvalue weighted by atomic mass is 10.1. The zero-order valence-electron chi connectivity index (χ0n) is 11.0. The van der Waals surface area contributed by atoms with Crippen molar-refractivity contribution in [3.8, 4) is 0 Å². The number of carbonyl (C=O) groups is 2. The van der Waals surface area contributed by atoms with E-state index in [4.69, 9.17) is 16.7 Å². The van der Waals surface area contributed by atoms with E-state index < -0.39 is 5.97 Å². The van der Waals surface area contributed by atoms with Gasteiger partial charge in [-0.15, -0.1) is 0 Å². The molecule has 1 aromatic carbocycles. The second-order valence-corrected chi connectivity index (χ2v) is 4.82. The summed E-state index contributed by atoms with van der Waals surface area (Å²) in [5.74, 6) is -1.33. The summed E-state index contributed by atoms with van der Waals surface area (Å²) in [6.45, 7) is 0. The summed E-state index contributed by atoms with van der Waals surface area (Å²) in [4.78, 5) is 26.8. The third-order valence-corrected chi connectivity index (χ3v) is 3.17. The molecular formula is C15H13ClN2O3. The zero-order valence-corrected chi connectivity index (χ0v) is 11.8. The first-order valence-corrected chi connectivity index (χ1v) is 6.65. The fraction of sp³-hybridized carbons (Fsp3) is 0.133. The van der Waals surface area contributed by atoms with Crippen LogP contribution in [0.3, 0.4) is 0 Å². The minimum absolute atomic E-state index is 0.0401. The van der Waals surface area contributed by atoms with E-state index in [2.05, 4.69) is 10.3 Å². The lowest BCUT2D eigenvalue weighted by molar-refractivity contribution is -0.116. The molecule has 0 radical (unpaired) electrons. The van der Waals surface area contributed by atoms with E-state index in [-0.39, 0.29) is 22.9 Å². The smallest absolute Gasteiger partial charge is 0.337 e. The van der Waals surface area contributed by atoms with Crippen LogP contribution in [0.5, 0.6) is 0 Å². The van der Waals surface area contributed by atoms with E-state index in [1.807, 2.05) is 12.1 Å². The molecule has 6 heteroatoms. The Kier molecular flexibility index (Phi) is 4.90. The van der Waals surface area contributed by atoms with Crippen molar-refractivity contribution in [2.45, 2.75) is 12.8 Å². The lowest BCUT2D eigenvalue weighted by Crippen LogP contribution is -2.13. The molecule has 2 rings (SSSR count). The Labute approximate surface area is 126 Å². The molecule has 1 amide bonds. The molecule has 0 spiro atoms. The number of nitrogens with one attached hydrogen (secondary N) is 1. The SMILES string of the molecule is O=C(CCc1cccnc1)Nc1ccc(Cl)c(C(=O)O)c1. The Morgan fingerprint density at radius 2 is 2.10 bits per heavy atom. The highest BCUT2D eigenvalue weighted by Gasteiger charge is 2.11. The van der Waals surface area contributed by atoms with Crippen LogP contribution >= 0.6 is 11.6 Å². The largest absolute Gasteiger partial charge is 0.478 e. The highest BCUT2D eigenvalue weighted by atomic mass is 35.5. The topological polar surface area (TPSA) is 79.3 Å². The van der Waals surface area contributed by atoms with Crippen molar-refractivity contribution >= 4 is 29.2 Å². The fourth-order valence-electron chi connectivity index (χ4n) is 1.79. The van der Waals surface area contributed by atoms with Gasteiger partial charge in [-0.3, -0.25) is 9.78 Å². The molecule has 5 nitrogen and oxygen atoms in total. The van der Waals surface area contributed by atoms with Gasteiger partial charge in [-0.25, -0.2) is 4.79 Å². The van der Waals surface area contributed by atoms with Crippen molar-refractivity contribution in [1.82, 2.24) is 4.98 Å². The maximum atomic E-state index is 11.8. The van der Waals surface area contributed by atoms with E-state index in [0.717, 1.165) is 5.56 Å². The zero-order chi connectivity index (χ0) is 15.2. The predicted molar refractivity (Wildman–Crippen MR) is 79.6 cm³/mol. The first-order chi connectivity index (χ1) is 10.1. The molecule has 1 heterocycles. The summed E-state index contributed by atoms with van der Waals surface area (Å²) in [7, 11) is 0. The number of aromatic nitrogens is 1. The maximum absolute atomic E-state index is 11.8. The highest BCUT2D eigenvalue weighted by Crippen LogP contribution is 2.20. The van der Waals surface area contributed by atoms with Gasteiger partial charge in [0.25, 0.3) is 0 Å². The summed E-state index contributed by atoms with van der Waals surface area (Å²) in [6, 6.07) is 8.06. The van der Waals surface area contributed by atoms with Crippen LogP contribution in [0.4, 0.5) is 5.69 Å².